The Morgan fingerprint density at radius 2 is 2.03 bits per heavy atom. The minimum Gasteiger partial charge on any atom is -0.452 e. The number of likely N-dealkylation sites (tertiary alicyclic amines) is 1. The zero-order valence-corrected chi connectivity index (χ0v) is 18.4. The van der Waals surface area contributed by atoms with Gasteiger partial charge in [0.25, 0.3) is 0 Å². The maximum Gasteiger partial charge on any atom is 0.219 e. The molecule has 1 saturated heterocycles. The van der Waals surface area contributed by atoms with Crippen molar-refractivity contribution in [1.82, 2.24) is 24.6 Å². The van der Waals surface area contributed by atoms with Gasteiger partial charge in [-0.3, -0.25) is 14.5 Å². The Balaban J connectivity index is 1.34. The van der Waals surface area contributed by atoms with Gasteiger partial charge in [-0.05, 0) is 42.5 Å². The van der Waals surface area contributed by atoms with E-state index in [1.54, 1.807) is 19.3 Å². The second kappa shape index (κ2) is 7.58. The van der Waals surface area contributed by atoms with Crippen molar-refractivity contribution in [3.05, 3.63) is 66.1 Å². The standard InChI is InChI=1S/C25H24N6O2/c1-15(32)30-8-5-18(6-9-30)31-14-17(12-29-31)22-13-28-25(26)24-21(22)10-23(33-24)20-3-2-16-11-27-7-4-19(16)20/h3-4,7,10-14,18H,2,5-6,8-9H2,1H3,(H2,26,28). The van der Waals surface area contributed by atoms with Crippen molar-refractivity contribution in [3.63, 3.8) is 0 Å². The summed E-state index contributed by atoms with van der Waals surface area (Å²) in [5, 5.41) is 5.56. The molecule has 33 heavy (non-hydrogen) atoms. The molecule has 5 heterocycles. The Hall–Kier alpha value is -3.94. The summed E-state index contributed by atoms with van der Waals surface area (Å²) in [5.41, 5.74) is 12.1. The van der Waals surface area contributed by atoms with Crippen molar-refractivity contribution in [2.75, 3.05) is 18.8 Å². The smallest absolute Gasteiger partial charge is 0.219 e. The summed E-state index contributed by atoms with van der Waals surface area (Å²) in [7, 11) is 0. The normalized spacial score (nSPS) is 16.3. The number of nitrogens with two attached hydrogens (primary N) is 1. The van der Waals surface area contributed by atoms with E-state index in [0.29, 0.717) is 11.4 Å². The summed E-state index contributed by atoms with van der Waals surface area (Å²) < 4.78 is 8.23. The maximum atomic E-state index is 11.6. The molecule has 1 aliphatic carbocycles. The highest BCUT2D eigenvalue weighted by Crippen LogP contribution is 2.39. The first-order chi connectivity index (χ1) is 16.1. The van der Waals surface area contributed by atoms with E-state index in [9.17, 15) is 4.79 Å². The minimum absolute atomic E-state index is 0.136. The van der Waals surface area contributed by atoms with E-state index in [-0.39, 0.29) is 11.9 Å². The number of hydrogen-bond donors (Lipinski definition) is 1. The number of carbonyl (C=O) groups excluding carboxylic acids is 1. The molecule has 8 heteroatoms. The second-order valence-corrected chi connectivity index (χ2v) is 8.71. The molecule has 0 spiro atoms. The van der Waals surface area contributed by atoms with E-state index in [2.05, 4.69) is 27.3 Å². The van der Waals surface area contributed by atoms with Crippen LogP contribution in [0.2, 0.25) is 0 Å². The number of aromatic nitrogens is 4. The molecule has 6 rings (SSSR count). The van der Waals surface area contributed by atoms with Crippen LogP contribution < -0.4 is 5.73 Å². The highest BCUT2D eigenvalue weighted by molar-refractivity contribution is 6.00. The predicted molar refractivity (Wildman–Crippen MR) is 125 cm³/mol. The highest BCUT2D eigenvalue weighted by atomic mass is 16.3. The predicted octanol–water partition coefficient (Wildman–Crippen LogP) is 3.84. The maximum absolute atomic E-state index is 11.6. The number of nitrogen functional groups attached to an aromatic ring is 1. The molecule has 0 unspecified atom stereocenters. The third-order valence-corrected chi connectivity index (χ3v) is 6.77. The number of fused-ring (bicyclic) bond motifs is 2. The van der Waals surface area contributed by atoms with E-state index in [1.165, 1.54) is 5.56 Å². The SMILES string of the molecule is CC(=O)N1CCC(n2cc(-c3cnc(N)c4oc(C5=CCc6cnccc65)cc34)cn2)CC1. The van der Waals surface area contributed by atoms with E-state index in [1.807, 2.05) is 34.1 Å². The summed E-state index contributed by atoms with van der Waals surface area (Å²) in [4.78, 5) is 22.1. The van der Waals surface area contributed by atoms with Crippen molar-refractivity contribution in [2.24, 2.45) is 0 Å². The second-order valence-electron chi connectivity index (χ2n) is 8.71. The molecule has 1 fully saturated rings. The molecule has 0 atom stereocenters. The van der Waals surface area contributed by atoms with Gasteiger partial charge in [-0.1, -0.05) is 6.08 Å². The molecule has 4 aromatic rings. The lowest BCUT2D eigenvalue weighted by Gasteiger charge is -2.31. The summed E-state index contributed by atoms with van der Waals surface area (Å²) in [6, 6.07) is 4.35. The van der Waals surface area contributed by atoms with Crippen LogP contribution in [0.3, 0.4) is 0 Å². The molecule has 1 amide bonds. The van der Waals surface area contributed by atoms with Crippen LogP contribution in [0.4, 0.5) is 5.82 Å². The van der Waals surface area contributed by atoms with E-state index >= 15 is 0 Å². The Morgan fingerprint density at radius 3 is 2.85 bits per heavy atom. The average Bonchev–Trinajstić information content (AvgIpc) is 3.57. The van der Waals surface area contributed by atoms with E-state index < -0.39 is 0 Å². The lowest BCUT2D eigenvalue weighted by Crippen LogP contribution is -2.37. The number of piperidine rings is 1. The molecule has 0 aromatic carbocycles. The number of allylic oxidation sites excluding steroid dienone is 1. The van der Waals surface area contributed by atoms with Crippen molar-refractivity contribution in [3.8, 4) is 11.1 Å². The van der Waals surface area contributed by atoms with E-state index in [0.717, 1.165) is 65.8 Å². The number of rotatable bonds is 3. The Labute approximate surface area is 190 Å². The fraction of sp³-hybridized carbons (Fsp3) is 0.280. The fourth-order valence-electron chi connectivity index (χ4n) is 4.94. The Bertz CT molecular complexity index is 1410. The topological polar surface area (TPSA) is 103 Å². The number of furan rings is 1. The van der Waals surface area contributed by atoms with Crippen LogP contribution in [0, 0.1) is 0 Å². The van der Waals surface area contributed by atoms with Crippen LogP contribution in [-0.2, 0) is 11.2 Å². The Kier molecular flexibility index (Phi) is 4.53. The first-order valence-electron chi connectivity index (χ1n) is 11.2. The first-order valence-corrected chi connectivity index (χ1v) is 11.2. The van der Waals surface area contributed by atoms with Gasteiger partial charge < -0.3 is 15.1 Å². The third kappa shape index (κ3) is 3.29. The summed E-state index contributed by atoms with van der Waals surface area (Å²) in [6.07, 6.45) is 14.2. The molecule has 166 valence electrons. The summed E-state index contributed by atoms with van der Waals surface area (Å²) in [5.74, 6) is 1.29. The van der Waals surface area contributed by atoms with Crippen molar-refractivity contribution in [1.29, 1.82) is 0 Å². The fourth-order valence-corrected chi connectivity index (χ4v) is 4.94. The van der Waals surface area contributed by atoms with Gasteiger partial charge in [-0.2, -0.15) is 5.10 Å². The van der Waals surface area contributed by atoms with Gasteiger partial charge in [-0.15, -0.1) is 0 Å². The van der Waals surface area contributed by atoms with Crippen LogP contribution >= 0.6 is 0 Å². The third-order valence-electron chi connectivity index (χ3n) is 6.77. The number of anilines is 1. The van der Waals surface area contributed by atoms with Crippen molar-refractivity contribution < 1.29 is 9.21 Å². The van der Waals surface area contributed by atoms with Crippen LogP contribution in [0.5, 0.6) is 0 Å². The number of hydrogen-bond acceptors (Lipinski definition) is 6. The molecule has 2 aliphatic rings. The van der Waals surface area contributed by atoms with Crippen LogP contribution in [0.25, 0.3) is 27.7 Å². The van der Waals surface area contributed by atoms with Gasteiger partial charge in [0.15, 0.2) is 11.4 Å². The number of carbonyl (C=O) groups is 1. The lowest BCUT2D eigenvalue weighted by molar-refractivity contribution is -0.130. The minimum atomic E-state index is 0.136. The zero-order chi connectivity index (χ0) is 22.5. The molecule has 1 aliphatic heterocycles. The largest absolute Gasteiger partial charge is 0.452 e. The highest BCUT2D eigenvalue weighted by Gasteiger charge is 2.24. The van der Waals surface area contributed by atoms with Gasteiger partial charge in [-0.25, -0.2) is 4.98 Å². The average molecular weight is 441 g/mol. The molecular formula is C25H24N6O2. The number of nitrogens with zero attached hydrogens (tertiary/aromatic N) is 5. The van der Waals surface area contributed by atoms with Crippen molar-refractivity contribution in [2.45, 2.75) is 32.2 Å². The molecule has 4 aromatic heterocycles. The van der Waals surface area contributed by atoms with Gasteiger partial charge in [0, 0.05) is 66.9 Å². The molecule has 0 radical (unpaired) electrons. The summed E-state index contributed by atoms with van der Waals surface area (Å²) >= 11 is 0. The van der Waals surface area contributed by atoms with Crippen LogP contribution in [0.15, 0.2) is 53.6 Å². The quantitative estimate of drug-likeness (QED) is 0.519. The van der Waals surface area contributed by atoms with Gasteiger partial charge in [0.2, 0.25) is 5.91 Å². The monoisotopic (exact) mass is 440 g/mol. The number of amides is 1. The van der Waals surface area contributed by atoms with Crippen LogP contribution in [-0.4, -0.2) is 43.6 Å². The zero-order valence-electron chi connectivity index (χ0n) is 18.4. The molecule has 0 saturated carbocycles. The number of pyridine rings is 2. The van der Waals surface area contributed by atoms with Gasteiger partial charge in [0.05, 0.1) is 12.2 Å². The molecule has 0 bridgehead atoms. The molecule has 2 N–H and O–H groups in total. The van der Waals surface area contributed by atoms with E-state index in [4.69, 9.17) is 10.2 Å². The molecule has 8 nitrogen and oxygen atoms in total. The molecular weight excluding hydrogens is 416 g/mol. The first kappa shape index (κ1) is 19.7. The Morgan fingerprint density at radius 1 is 1.18 bits per heavy atom. The van der Waals surface area contributed by atoms with Crippen molar-refractivity contribution >= 4 is 28.3 Å². The van der Waals surface area contributed by atoms with Gasteiger partial charge >= 0.3 is 0 Å². The van der Waals surface area contributed by atoms with Crippen LogP contribution in [0.1, 0.15) is 42.7 Å². The lowest BCUT2D eigenvalue weighted by atomic mass is 10.0. The van der Waals surface area contributed by atoms with Gasteiger partial charge in [0.1, 0.15) is 5.76 Å². The summed E-state index contributed by atoms with van der Waals surface area (Å²) in [6.45, 7) is 3.15.